The molecule has 630 valence electrons. The zero-order valence-corrected chi connectivity index (χ0v) is 71.2. The van der Waals surface area contributed by atoms with Crippen molar-refractivity contribution in [2.24, 2.45) is 0 Å². The van der Waals surface area contributed by atoms with Gasteiger partial charge >= 0.3 is 39.5 Å². The molecule has 0 aromatic heterocycles. The van der Waals surface area contributed by atoms with E-state index in [9.17, 15) is 43.2 Å². The van der Waals surface area contributed by atoms with Crippen LogP contribution in [0.2, 0.25) is 0 Å². The molecule has 0 aromatic rings. The van der Waals surface area contributed by atoms with E-state index in [0.717, 1.165) is 89.9 Å². The Labute approximate surface area is 651 Å². The van der Waals surface area contributed by atoms with Crippen molar-refractivity contribution < 1.29 is 80.2 Å². The number of aliphatic hydroxyl groups excluding tert-OH is 1. The molecule has 0 amide bonds. The summed E-state index contributed by atoms with van der Waals surface area (Å²) in [7, 11) is -9.92. The summed E-state index contributed by atoms with van der Waals surface area (Å²) in [6, 6.07) is 0. The smallest absolute Gasteiger partial charge is 0.462 e. The number of phosphoric acid groups is 2. The molecule has 0 aliphatic rings. The van der Waals surface area contributed by atoms with E-state index in [1.54, 1.807) is 0 Å². The van der Waals surface area contributed by atoms with Gasteiger partial charge in [-0.25, -0.2) is 9.13 Å². The van der Waals surface area contributed by atoms with E-state index in [-0.39, 0.29) is 25.7 Å². The molecule has 19 heteroatoms. The Bertz CT molecular complexity index is 2000. The predicted molar refractivity (Wildman–Crippen MR) is 437 cm³/mol. The van der Waals surface area contributed by atoms with E-state index in [1.165, 1.54) is 308 Å². The third-order valence-corrected chi connectivity index (χ3v) is 22.5. The Balaban J connectivity index is 5.17. The number of hydrogen-bond acceptors (Lipinski definition) is 15. The summed E-state index contributed by atoms with van der Waals surface area (Å²) >= 11 is 0. The van der Waals surface area contributed by atoms with Gasteiger partial charge in [-0.3, -0.25) is 37.3 Å². The molecule has 0 heterocycles. The molecular formula is C87H170O17P2. The number of hydrogen-bond donors (Lipinski definition) is 3. The fourth-order valence-electron chi connectivity index (χ4n) is 13.7. The highest BCUT2D eigenvalue weighted by molar-refractivity contribution is 7.47. The third kappa shape index (κ3) is 80.1. The van der Waals surface area contributed by atoms with Crippen molar-refractivity contribution in [3.05, 3.63) is 0 Å². The molecule has 0 saturated carbocycles. The fraction of sp³-hybridized carbons (Fsp3) is 0.954. The summed E-state index contributed by atoms with van der Waals surface area (Å²) in [5.41, 5.74) is 0. The molecule has 0 aliphatic carbocycles. The van der Waals surface area contributed by atoms with Crippen molar-refractivity contribution in [3.63, 3.8) is 0 Å². The van der Waals surface area contributed by atoms with Gasteiger partial charge in [-0.15, -0.1) is 0 Å². The predicted octanol–water partition coefficient (Wildman–Crippen LogP) is 26.9. The Morgan fingerprint density at radius 1 is 0.226 bits per heavy atom. The maximum Gasteiger partial charge on any atom is 0.472 e. The second kappa shape index (κ2) is 81.1. The molecule has 0 fully saturated rings. The van der Waals surface area contributed by atoms with E-state index in [2.05, 4.69) is 27.7 Å². The Morgan fingerprint density at radius 3 is 0.557 bits per heavy atom. The first-order valence-corrected chi connectivity index (χ1v) is 48.3. The maximum absolute atomic E-state index is 13.2. The molecule has 2 unspecified atom stereocenters. The highest BCUT2D eigenvalue weighted by Crippen LogP contribution is 2.45. The van der Waals surface area contributed by atoms with E-state index in [0.29, 0.717) is 25.7 Å². The van der Waals surface area contributed by atoms with E-state index >= 15 is 0 Å². The first-order chi connectivity index (χ1) is 51.7. The van der Waals surface area contributed by atoms with Gasteiger partial charge in [-0.05, 0) is 25.7 Å². The molecule has 0 saturated heterocycles. The zero-order valence-electron chi connectivity index (χ0n) is 69.4. The standard InChI is InChI=1S/C87H170O17P2/c1-5-9-13-17-21-25-29-31-33-35-37-39-41-43-45-47-49-53-56-60-64-68-72-85(90)98-78-83(104-87(92)74-70-66-62-58-54-50-48-46-44-42-40-38-36-34-32-30-26-22-18-14-10-6-2)80-102-106(95,96)100-76-81(88)75-99-105(93,94)101-79-82(103-86(91)73-69-65-61-57-52-28-24-20-16-12-8-4)77-97-84(89)71-67-63-59-55-51-27-23-19-15-11-7-3/h81-83,88H,5-80H2,1-4H3,(H,93,94)(H,95,96)/t81-,82+,83+/m0/s1. The van der Waals surface area contributed by atoms with Crippen LogP contribution in [-0.4, -0.2) is 96.7 Å². The summed E-state index contributed by atoms with van der Waals surface area (Å²) in [5.74, 6) is -2.10. The molecule has 0 rings (SSSR count). The number of carbonyl (C=O) groups is 4. The van der Waals surface area contributed by atoms with Crippen molar-refractivity contribution in [1.82, 2.24) is 0 Å². The zero-order chi connectivity index (χ0) is 77.4. The monoisotopic (exact) mass is 1550 g/mol. The van der Waals surface area contributed by atoms with E-state index < -0.39 is 97.5 Å². The lowest BCUT2D eigenvalue weighted by Gasteiger charge is -2.21. The minimum absolute atomic E-state index is 0.108. The largest absolute Gasteiger partial charge is 0.472 e. The van der Waals surface area contributed by atoms with Crippen LogP contribution in [0.3, 0.4) is 0 Å². The van der Waals surface area contributed by atoms with Gasteiger partial charge in [0.05, 0.1) is 26.4 Å². The van der Waals surface area contributed by atoms with Crippen LogP contribution in [0.1, 0.15) is 477 Å². The van der Waals surface area contributed by atoms with Crippen LogP contribution in [0.4, 0.5) is 0 Å². The van der Waals surface area contributed by atoms with Crippen LogP contribution in [-0.2, 0) is 65.4 Å². The normalized spacial score (nSPS) is 13.7. The Kier molecular flexibility index (Phi) is 79.6. The minimum Gasteiger partial charge on any atom is -0.462 e. The molecule has 0 aliphatic heterocycles. The lowest BCUT2D eigenvalue weighted by atomic mass is 10.0. The van der Waals surface area contributed by atoms with Crippen LogP contribution in [0, 0.1) is 0 Å². The van der Waals surface area contributed by atoms with Gasteiger partial charge in [0.25, 0.3) is 0 Å². The van der Waals surface area contributed by atoms with Gasteiger partial charge in [-0.1, -0.05) is 426 Å². The van der Waals surface area contributed by atoms with Crippen LogP contribution in [0.15, 0.2) is 0 Å². The average molecular weight is 1550 g/mol. The average Bonchev–Trinajstić information content (AvgIpc) is 0.903. The van der Waals surface area contributed by atoms with Crippen LogP contribution < -0.4 is 0 Å². The van der Waals surface area contributed by atoms with Crippen molar-refractivity contribution in [3.8, 4) is 0 Å². The lowest BCUT2D eigenvalue weighted by molar-refractivity contribution is -0.161. The highest BCUT2D eigenvalue weighted by atomic mass is 31.2. The SMILES string of the molecule is CCCCCCCCCCCCCCCCCCCCCCCCC(=O)OC[C@H](COP(=O)(O)OC[C@@H](O)COP(=O)(O)OC[C@@H](COC(=O)CCCCCCCCCCCCC)OC(=O)CCCCCCCCCCCCC)OC(=O)CCCCCCCCCCCCCCCCCCCCCCCC. The number of unbranched alkanes of at least 4 members (excludes halogenated alkanes) is 62. The summed E-state index contributed by atoms with van der Waals surface area (Å²) in [4.78, 5) is 73.2. The van der Waals surface area contributed by atoms with Crippen molar-refractivity contribution >= 4 is 39.5 Å². The molecule has 3 N–H and O–H groups in total. The number of rotatable bonds is 88. The molecular weight excluding hydrogens is 1380 g/mol. The summed E-state index contributed by atoms with van der Waals surface area (Å²) in [5, 5.41) is 10.7. The summed E-state index contributed by atoms with van der Waals surface area (Å²) in [6.07, 6.45) is 76.6. The van der Waals surface area contributed by atoms with Crippen molar-refractivity contribution in [2.75, 3.05) is 39.6 Å². The third-order valence-electron chi connectivity index (χ3n) is 20.6. The molecule has 17 nitrogen and oxygen atoms in total. The van der Waals surface area contributed by atoms with Gasteiger partial charge in [0, 0.05) is 25.7 Å². The molecule has 0 aromatic carbocycles. The summed E-state index contributed by atoms with van der Waals surface area (Å²) in [6.45, 7) is 5.04. The van der Waals surface area contributed by atoms with Gasteiger partial charge in [0.2, 0.25) is 0 Å². The van der Waals surface area contributed by atoms with Gasteiger partial charge in [0.1, 0.15) is 19.3 Å². The first kappa shape index (κ1) is 104. The minimum atomic E-state index is -4.97. The summed E-state index contributed by atoms with van der Waals surface area (Å²) < 4.78 is 68.8. The van der Waals surface area contributed by atoms with E-state index in [4.69, 9.17) is 37.0 Å². The molecule has 0 radical (unpaired) electrons. The van der Waals surface area contributed by atoms with Crippen LogP contribution >= 0.6 is 15.6 Å². The topological polar surface area (TPSA) is 237 Å². The molecule has 106 heavy (non-hydrogen) atoms. The second-order valence-corrected chi connectivity index (χ2v) is 34.2. The quantitative estimate of drug-likeness (QED) is 0.0222. The number of esters is 4. The van der Waals surface area contributed by atoms with E-state index in [1.807, 2.05) is 0 Å². The van der Waals surface area contributed by atoms with Crippen molar-refractivity contribution in [2.45, 2.75) is 495 Å². The fourth-order valence-corrected chi connectivity index (χ4v) is 15.3. The maximum atomic E-state index is 13.2. The number of phosphoric ester groups is 2. The van der Waals surface area contributed by atoms with Crippen LogP contribution in [0.25, 0.3) is 0 Å². The Morgan fingerprint density at radius 2 is 0.377 bits per heavy atom. The van der Waals surface area contributed by atoms with Gasteiger partial charge in [-0.2, -0.15) is 0 Å². The van der Waals surface area contributed by atoms with Crippen molar-refractivity contribution in [1.29, 1.82) is 0 Å². The lowest BCUT2D eigenvalue weighted by Crippen LogP contribution is -2.30. The highest BCUT2D eigenvalue weighted by Gasteiger charge is 2.30. The number of aliphatic hydroxyl groups is 1. The molecule has 0 spiro atoms. The molecule has 5 atom stereocenters. The van der Waals surface area contributed by atoms with Crippen LogP contribution in [0.5, 0.6) is 0 Å². The van der Waals surface area contributed by atoms with Gasteiger partial charge < -0.3 is 33.8 Å². The number of carbonyl (C=O) groups excluding carboxylic acids is 4. The Hall–Kier alpha value is -1.94. The first-order valence-electron chi connectivity index (χ1n) is 45.3. The van der Waals surface area contributed by atoms with Gasteiger partial charge in [0.15, 0.2) is 12.2 Å². The number of ether oxygens (including phenoxy) is 4. The molecule has 0 bridgehead atoms. The second-order valence-electron chi connectivity index (χ2n) is 31.3.